The molecule has 0 unspecified atom stereocenters. The molecule has 3 rings (SSSR count). The van der Waals surface area contributed by atoms with E-state index in [1.165, 1.54) is 12.1 Å². The van der Waals surface area contributed by atoms with E-state index in [-0.39, 0.29) is 17.6 Å². The summed E-state index contributed by atoms with van der Waals surface area (Å²) in [7, 11) is 3.18. The van der Waals surface area contributed by atoms with Crippen molar-refractivity contribution in [1.29, 1.82) is 0 Å². The molecule has 160 valence electrons. The minimum absolute atomic E-state index is 0.166. The zero-order chi connectivity index (χ0) is 21.5. The monoisotopic (exact) mass is 414 g/mol. The molecule has 2 amide bonds. The summed E-state index contributed by atoms with van der Waals surface area (Å²) in [6.07, 6.45) is 0.685. The third-order valence-corrected chi connectivity index (χ3v) is 5.29. The highest BCUT2D eigenvalue weighted by Gasteiger charge is 2.43. The van der Waals surface area contributed by atoms with Crippen LogP contribution in [0, 0.1) is 5.82 Å². The normalized spacial score (nSPS) is 18.2. The second-order valence-corrected chi connectivity index (χ2v) is 7.19. The molecule has 0 saturated heterocycles. The summed E-state index contributed by atoms with van der Waals surface area (Å²) >= 11 is 0. The molecule has 1 aliphatic heterocycles. The van der Waals surface area contributed by atoms with Gasteiger partial charge in [0.05, 0.1) is 18.6 Å². The molecule has 30 heavy (non-hydrogen) atoms. The molecule has 0 aromatic heterocycles. The van der Waals surface area contributed by atoms with E-state index in [0.717, 1.165) is 0 Å². The van der Waals surface area contributed by atoms with Gasteiger partial charge in [0.15, 0.2) is 0 Å². The predicted molar refractivity (Wildman–Crippen MR) is 111 cm³/mol. The van der Waals surface area contributed by atoms with Gasteiger partial charge >= 0.3 is 0 Å². The van der Waals surface area contributed by atoms with Crippen LogP contribution in [-0.2, 0) is 14.3 Å². The quantitative estimate of drug-likeness (QED) is 0.641. The van der Waals surface area contributed by atoms with Crippen LogP contribution in [0.1, 0.15) is 39.9 Å². The zero-order valence-corrected chi connectivity index (χ0v) is 17.3. The number of nitrogens with zero attached hydrogens (tertiary/aromatic N) is 1. The van der Waals surface area contributed by atoms with Gasteiger partial charge in [0, 0.05) is 39.5 Å². The van der Waals surface area contributed by atoms with Gasteiger partial charge in [-0.3, -0.25) is 9.59 Å². The van der Waals surface area contributed by atoms with Gasteiger partial charge in [-0.1, -0.05) is 30.3 Å². The number of rotatable bonds is 9. The lowest BCUT2D eigenvalue weighted by atomic mass is 9.79. The topological polar surface area (TPSA) is 67.9 Å². The summed E-state index contributed by atoms with van der Waals surface area (Å²) < 4.78 is 23.8. The maximum atomic E-state index is 13.6. The molecule has 0 spiro atoms. The van der Waals surface area contributed by atoms with Gasteiger partial charge in [-0.25, -0.2) is 4.39 Å². The van der Waals surface area contributed by atoms with Gasteiger partial charge in [-0.05, 0) is 35.7 Å². The molecule has 0 aliphatic carbocycles. The fraction of sp³-hybridized carbons (Fsp3) is 0.391. The molecule has 2 aromatic carbocycles. The molecule has 6 nitrogen and oxygen atoms in total. The summed E-state index contributed by atoms with van der Waals surface area (Å²) in [5.41, 5.74) is 1.88. The van der Waals surface area contributed by atoms with Crippen molar-refractivity contribution in [3.05, 3.63) is 71.0 Å². The predicted octanol–water partition coefficient (Wildman–Crippen LogP) is 2.91. The Morgan fingerprint density at radius 1 is 1.07 bits per heavy atom. The molecule has 7 heteroatoms. The largest absolute Gasteiger partial charge is 0.385 e. The van der Waals surface area contributed by atoms with Crippen molar-refractivity contribution in [3.63, 3.8) is 0 Å². The summed E-state index contributed by atoms with van der Waals surface area (Å²) in [5, 5.41) is 2.97. The molecule has 0 fully saturated rings. The van der Waals surface area contributed by atoms with Gasteiger partial charge in [0.2, 0.25) is 5.91 Å². The Labute approximate surface area is 176 Å². The van der Waals surface area contributed by atoms with Gasteiger partial charge in [0.25, 0.3) is 5.91 Å². The third kappa shape index (κ3) is 4.68. The van der Waals surface area contributed by atoms with Crippen molar-refractivity contribution in [2.45, 2.75) is 18.4 Å². The number of methoxy groups -OCH3 is 2. The highest BCUT2D eigenvalue weighted by atomic mass is 19.1. The van der Waals surface area contributed by atoms with Crippen LogP contribution >= 0.6 is 0 Å². The second-order valence-electron chi connectivity index (χ2n) is 7.19. The first-order chi connectivity index (χ1) is 14.6. The summed E-state index contributed by atoms with van der Waals surface area (Å²) in [4.78, 5) is 28.2. The highest BCUT2D eigenvalue weighted by Crippen LogP contribution is 2.42. The van der Waals surface area contributed by atoms with Crippen molar-refractivity contribution < 1.29 is 23.5 Å². The second kappa shape index (κ2) is 10.3. The van der Waals surface area contributed by atoms with E-state index in [0.29, 0.717) is 49.4 Å². The van der Waals surface area contributed by atoms with Gasteiger partial charge in [0.1, 0.15) is 5.82 Å². The van der Waals surface area contributed by atoms with E-state index in [2.05, 4.69) is 5.32 Å². The van der Waals surface area contributed by atoms with Crippen LogP contribution in [0.4, 0.5) is 4.39 Å². The first kappa shape index (κ1) is 21.9. The lowest BCUT2D eigenvalue weighted by Crippen LogP contribution is -2.48. The van der Waals surface area contributed by atoms with E-state index in [4.69, 9.17) is 9.47 Å². The molecule has 1 aliphatic rings. The average molecular weight is 414 g/mol. The van der Waals surface area contributed by atoms with Crippen molar-refractivity contribution in [2.24, 2.45) is 0 Å². The van der Waals surface area contributed by atoms with Crippen LogP contribution in [0.3, 0.4) is 0 Å². The number of hydrogen-bond donors (Lipinski definition) is 1. The molecule has 1 N–H and O–H groups in total. The van der Waals surface area contributed by atoms with Crippen molar-refractivity contribution in [1.82, 2.24) is 10.2 Å². The van der Waals surface area contributed by atoms with E-state index in [1.807, 2.05) is 12.1 Å². The van der Waals surface area contributed by atoms with Crippen LogP contribution < -0.4 is 5.32 Å². The van der Waals surface area contributed by atoms with Crippen molar-refractivity contribution in [2.75, 3.05) is 40.5 Å². The van der Waals surface area contributed by atoms with E-state index in [1.54, 1.807) is 43.4 Å². The van der Waals surface area contributed by atoms with Gasteiger partial charge in [-0.2, -0.15) is 0 Å². The number of ether oxygens (including phenoxy) is 2. The Bertz CT molecular complexity index is 872. The Hall–Kier alpha value is -2.77. The first-order valence-corrected chi connectivity index (χ1v) is 9.99. The summed E-state index contributed by atoms with van der Waals surface area (Å²) in [6.45, 7) is 1.65. The number of halogens is 1. The van der Waals surface area contributed by atoms with Crippen molar-refractivity contribution >= 4 is 11.8 Å². The molecular formula is C23H27FN2O4. The lowest BCUT2D eigenvalue weighted by molar-refractivity contribution is -0.124. The molecule has 2 atom stereocenters. The number of carbonyl (C=O) groups excluding carboxylic acids is 2. The first-order valence-electron chi connectivity index (χ1n) is 9.99. The number of carbonyl (C=O) groups is 2. The maximum Gasteiger partial charge on any atom is 0.254 e. The smallest absolute Gasteiger partial charge is 0.254 e. The Morgan fingerprint density at radius 3 is 2.47 bits per heavy atom. The molecule has 0 saturated carbocycles. The number of fused-ring (bicyclic) bond motifs is 1. The van der Waals surface area contributed by atoms with E-state index >= 15 is 0 Å². The third-order valence-electron chi connectivity index (χ3n) is 5.29. The Morgan fingerprint density at radius 2 is 1.77 bits per heavy atom. The van der Waals surface area contributed by atoms with Crippen LogP contribution in [0.2, 0.25) is 0 Å². The molecule has 2 aromatic rings. The highest BCUT2D eigenvalue weighted by molar-refractivity contribution is 6.01. The Kier molecular flexibility index (Phi) is 7.54. The van der Waals surface area contributed by atoms with Crippen molar-refractivity contribution in [3.8, 4) is 0 Å². The number of benzene rings is 2. The van der Waals surface area contributed by atoms with Crippen LogP contribution in [0.25, 0.3) is 0 Å². The summed E-state index contributed by atoms with van der Waals surface area (Å²) in [5.74, 6) is -1.34. The zero-order valence-electron chi connectivity index (χ0n) is 17.3. The van der Waals surface area contributed by atoms with Crippen LogP contribution in [-0.4, -0.2) is 57.2 Å². The Balaban J connectivity index is 2.04. The summed E-state index contributed by atoms with van der Waals surface area (Å²) in [6, 6.07) is 12.6. The molecule has 0 bridgehead atoms. The standard InChI is InChI=1S/C23H27FN2O4/c1-29-14-5-12-25-22(27)20-18-6-3-4-7-19(18)23(28)26(13-15-30-2)21(20)16-8-10-17(24)11-9-16/h3-4,6-11,20-21H,5,12-15H2,1-2H3,(H,25,27)/t20-,21-/m0/s1. The molecule has 0 radical (unpaired) electrons. The number of amides is 2. The number of nitrogens with one attached hydrogen (secondary N) is 1. The van der Waals surface area contributed by atoms with E-state index in [9.17, 15) is 14.0 Å². The SMILES string of the molecule is COCCCNC(=O)[C@H]1c2ccccc2C(=O)N(CCOC)[C@H]1c1ccc(F)cc1. The van der Waals surface area contributed by atoms with E-state index < -0.39 is 12.0 Å². The lowest BCUT2D eigenvalue weighted by Gasteiger charge is -2.41. The fourth-order valence-electron chi connectivity index (χ4n) is 3.88. The van der Waals surface area contributed by atoms with Crippen LogP contribution in [0.5, 0.6) is 0 Å². The van der Waals surface area contributed by atoms with Gasteiger partial charge < -0.3 is 19.7 Å². The molecule has 1 heterocycles. The number of hydrogen-bond acceptors (Lipinski definition) is 4. The van der Waals surface area contributed by atoms with Crippen LogP contribution in [0.15, 0.2) is 48.5 Å². The van der Waals surface area contributed by atoms with Gasteiger partial charge in [-0.15, -0.1) is 0 Å². The maximum absolute atomic E-state index is 13.6. The molecular weight excluding hydrogens is 387 g/mol. The fourth-order valence-corrected chi connectivity index (χ4v) is 3.88. The minimum Gasteiger partial charge on any atom is -0.385 e. The minimum atomic E-state index is -0.622. The average Bonchev–Trinajstić information content (AvgIpc) is 2.76.